The fraction of sp³-hybridized carbons (Fsp3) is 0.312. The van der Waals surface area contributed by atoms with Crippen molar-refractivity contribution in [3.05, 3.63) is 44.3 Å². The molecule has 0 bridgehead atoms. The average Bonchev–Trinajstić information content (AvgIpc) is 3.21. The molecule has 11 heteroatoms. The van der Waals surface area contributed by atoms with Crippen molar-refractivity contribution < 1.29 is 9.72 Å². The molecule has 0 saturated carbocycles. The molecule has 1 aliphatic carbocycles. The van der Waals surface area contributed by atoms with Gasteiger partial charge in [-0.25, -0.2) is 10.1 Å². The monoisotopic (exact) mass is 387 g/mol. The van der Waals surface area contributed by atoms with Gasteiger partial charge in [-0.2, -0.15) is 0 Å². The standard InChI is InChI=1S/C16H17N7O3S/c17-15-14(10-3-1-2-4-13(10)27-15)16(24)20-18-8-22-12-6-5-9(23(25)26)7-11(12)19-21-22/h5-7,18H,1-4,8,17H2,(H,20,24). The number of benzene rings is 1. The topological polar surface area (TPSA) is 141 Å². The molecular formula is C16H17N7O3S. The Labute approximate surface area is 157 Å². The Kier molecular flexibility index (Phi) is 4.46. The number of nitro groups is 1. The first-order valence-electron chi connectivity index (χ1n) is 8.45. The van der Waals surface area contributed by atoms with E-state index in [-0.39, 0.29) is 18.3 Å². The molecule has 1 aromatic carbocycles. The third-order valence-electron chi connectivity index (χ3n) is 4.56. The first-order chi connectivity index (χ1) is 13.0. The van der Waals surface area contributed by atoms with Crippen LogP contribution in [0.25, 0.3) is 11.0 Å². The summed E-state index contributed by atoms with van der Waals surface area (Å²) in [7, 11) is 0. The maximum absolute atomic E-state index is 12.5. The summed E-state index contributed by atoms with van der Waals surface area (Å²) in [6, 6.07) is 4.32. The lowest BCUT2D eigenvalue weighted by Gasteiger charge is -2.13. The first-order valence-corrected chi connectivity index (χ1v) is 9.27. The van der Waals surface area contributed by atoms with Crippen LogP contribution in [0.1, 0.15) is 33.6 Å². The molecule has 0 radical (unpaired) electrons. The Balaban J connectivity index is 1.44. The second-order valence-electron chi connectivity index (χ2n) is 6.26. The number of hydrazine groups is 1. The van der Waals surface area contributed by atoms with E-state index < -0.39 is 4.92 Å². The maximum Gasteiger partial charge on any atom is 0.271 e. The van der Waals surface area contributed by atoms with Crippen LogP contribution in [0, 0.1) is 10.1 Å². The number of nitrogens with one attached hydrogen (secondary N) is 2. The maximum atomic E-state index is 12.5. The number of carbonyl (C=O) groups excluding carboxylic acids is 1. The van der Waals surface area contributed by atoms with E-state index in [9.17, 15) is 14.9 Å². The highest BCUT2D eigenvalue weighted by molar-refractivity contribution is 7.16. The lowest BCUT2D eigenvalue weighted by molar-refractivity contribution is -0.384. The quantitative estimate of drug-likeness (QED) is 0.447. The number of non-ortho nitro benzene ring substituents is 1. The smallest absolute Gasteiger partial charge is 0.271 e. The number of nitrogen functional groups attached to an aromatic ring is 1. The lowest BCUT2D eigenvalue weighted by Crippen LogP contribution is -2.39. The number of nitrogens with two attached hydrogens (primary N) is 1. The molecule has 27 heavy (non-hydrogen) atoms. The third kappa shape index (κ3) is 3.22. The van der Waals surface area contributed by atoms with Crippen LogP contribution in [0.4, 0.5) is 10.7 Å². The van der Waals surface area contributed by atoms with Gasteiger partial charge in [0, 0.05) is 17.0 Å². The molecule has 4 rings (SSSR count). The summed E-state index contributed by atoms with van der Waals surface area (Å²) in [4.78, 5) is 24.1. The van der Waals surface area contributed by atoms with Crippen molar-refractivity contribution >= 4 is 39.0 Å². The predicted octanol–water partition coefficient (Wildman–Crippen LogP) is 1.75. The Bertz CT molecular complexity index is 1040. The molecular weight excluding hydrogens is 370 g/mol. The molecule has 1 amide bonds. The van der Waals surface area contributed by atoms with E-state index in [4.69, 9.17) is 5.73 Å². The van der Waals surface area contributed by atoms with Gasteiger partial charge in [-0.15, -0.1) is 16.4 Å². The molecule has 0 aliphatic heterocycles. The summed E-state index contributed by atoms with van der Waals surface area (Å²) in [5.41, 5.74) is 14.1. The summed E-state index contributed by atoms with van der Waals surface area (Å²) in [5, 5.41) is 19.2. The summed E-state index contributed by atoms with van der Waals surface area (Å²) >= 11 is 1.49. The van der Waals surface area contributed by atoms with Crippen LogP contribution in [0.3, 0.4) is 0 Å². The Hall–Kier alpha value is -3.05. The van der Waals surface area contributed by atoms with Crippen molar-refractivity contribution in [2.24, 2.45) is 0 Å². The zero-order valence-electron chi connectivity index (χ0n) is 14.3. The lowest BCUT2D eigenvalue weighted by atomic mass is 9.95. The average molecular weight is 387 g/mol. The van der Waals surface area contributed by atoms with Gasteiger partial charge < -0.3 is 5.73 Å². The zero-order chi connectivity index (χ0) is 19.0. The number of thiophene rings is 1. The fourth-order valence-corrected chi connectivity index (χ4v) is 4.44. The summed E-state index contributed by atoms with van der Waals surface area (Å²) in [6.07, 6.45) is 4.04. The molecule has 4 N–H and O–H groups in total. The van der Waals surface area contributed by atoms with Crippen LogP contribution in [-0.2, 0) is 19.5 Å². The number of carbonyl (C=O) groups is 1. The number of amides is 1. The van der Waals surface area contributed by atoms with Gasteiger partial charge in [-0.3, -0.25) is 20.3 Å². The number of rotatable bonds is 5. The summed E-state index contributed by atoms with van der Waals surface area (Å²) < 4.78 is 1.51. The van der Waals surface area contributed by atoms with Crippen LogP contribution in [0.2, 0.25) is 0 Å². The second-order valence-corrected chi connectivity index (χ2v) is 7.40. The highest BCUT2D eigenvalue weighted by atomic mass is 32.1. The predicted molar refractivity (Wildman–Crippen MR) is 100 cm³/mol. The van der Waals surface area contributed by atoms with Gasteiger partial charge in [0.25, 0.3) is 11.6 Å². The summed E-state index contributed by atoms with van der Waals surface area (Å²) in [6.45, 7) is 0.159. The largest absolute Gasteiger partial charge is 0.390 e. The molecule has 0 unspecified atom stereocenters. The van der Waals surface area contributed by atoms with Crippen molar-refractivity contribution in [3.63, 3.8) is 0 Å². The molecule has 0 fully saturated rings. The number of aryl methyl sites for hydroxylation is 1. The highest BCUT2D eigenvalue weighted by Crippen LogP contribution is 2.36. The molecule has 0 atom stereocenters. The van der Waals surface area contributed by atoms with Crippen LogP contribution in [-0.4, -0.2) is 25.8 Å². The van der Waals surface area contributed by atoms with Crippen molar-refractivity contribution in [3.8, 4) is 0 Å². The van der Waals surface area contributed by atoms with E-state index in [2.05, 4.69) is 21.2 Å². The van der Waals surface area contributed by atoms with E-state index in [0.717, 1.165) is 31.2 Å². The minimum absolute atomic E-state index is 0.0477. The van der Waals surface area contributed by atoms with E-state index >= 15 is 0 Å². The first kappa shape index (κ1) is 17.4. The molecule has 2 heterocycles. The SMILES string of the molecule is Nc1sc2c(c1C(=O)NNCn1nnc3cc([N+](=O)[O-])ccc31)CCCC2. The van der Waals surface area contributed by atoms with Gasteiger partial charge in [0.15, 0.2) is 0 Å². The molecule has 1 aliphatic rings. The van der Waals surface area contributed by atoms with E-state index in [1.807, 2.05) is 0 Å². The number of aromatic nitrogens is 3. The van der Waals surface area contributed by atoms with Gasteiger partial charge in [0.2, 0.25) is 0 Å². The summed E-state index contributed by atoms with van der Waals surface area (Å²) in [5.74, 6) is -0.271. The molecule has 0 spiro atoms. The molecule has 3 aromatic rings. The Morgan fingerprint density at radius 2 is 2.19 bits per heavy atom. The Morgan fingerprint density at radius 1 is 1.37 bits per heavy atom. The molecule has 140 valence electrons. The number of fused-ring (bicyclic) bond motifs is 2. The number of nitrogens with zero attached hydrogens (tertiary/aromatic N) is 4. The fourth-order valence-electron chi connectivity index (χ4n) is 3.28. The van der Waals surface area contributed by atoms with E-state index in [1.165, 1.54) is 33.0 Å². The van der Waals surface area contributed by atoms with Crippen LogP contribution >= 0.6 is 11.3 Å². The molecule has 10 nitrogen and oxygen atoms in total. The van der Waals surface area contributed by atoms with Crippen molar-refractivity contribution in [2.75, 3.05) is 5.73 Å². The van der Waals surface area contributed by atoms with Crippen LogP contribution in [0.5, 0.6) is 0 Å². The zero-order valence-corrected chi connectivity index (χ0v) is 15.1. The number of anilines is 1. The number of hydrogen-bond acceptors (Lipinski definition) is 8. The minimum atomic E-state index is -0.483. The Morgan fingerprint density at radius 3 is 3.00 bits per heavy atom. The molecule has 2 aromatic heterocycles. The van der Waals surface area contributed by atoms with Gasteiger partial charge in [0.05, 0.1) is 21.0 Å². The van der Waals surface area contributed by atoms with Crippen molar-refractivity contribution in [1.82, 2.24) is 25.8 Å². The van der Waals surface area contributed by atoms with Crippen molar-refractivity contribution in [2.45, 2.75) is 32.4 Å². The second kappa shape index (κ2) is 6.93. The highest BCUT2D eigenvalue weighted by Gasteiger charge is 2.24. The normalized spacial score (nSPS) is 13.5. The number of hydrogen-bond donors (Lipinski definition) is 3. The van der Waals surface area contributed by atoms with Gasteiger partial charge in [-0.1, -0.05) is 5.21 Å². The van der Waals surface area contributed by atoms with Gasteiger partial charge in [-0.05, 0) is 37.3 Å². The van der Waals surface area contributed by atoms with Gasteiger partial charge in [0.1, 0.15) is 12.2 Å². The number of nitro benzene ring substituents is 1. The van der Waals surface area contributed by atoms with E-state index in [1.54, 1.807) is 6.07 Å². The third-order valence-corrected chi connectivity index (χ3v) is 5.69. The minimum Gasteiger partial charge on any atom is -0.390 e. The van der Waals surface area contributed by atoms with Crippen LogP contribution < -0.4 is 16.6 Å². The van der Waals surface area contributed by atoms with E-state index in [0.29, 0.717) is 21.6 Å². The van der Waals surface area contributed by atoms with Crippen molar-refractivity contribution in [1.29, 1.82) is 0 Å². The van der Waals surface area contributed by atoms with Gasteiger partial charge >= 0.3 is 0 Å². The molecule has 0 saturated heterocycles. The van der Waals surface area contributed by atoms with Crippen LogP contribution in [0.15, 0.2) is 18.2 Å².